The van der Waals surface area contributed by atoms with Crippen LogP contribution in [0.25, 0.3) is 0 Å². The van der Waals surface area contributed by atoms with Crippen LogP contribution in [0.1, 0.15) is 98.8 Å². The molecule has 0 heterocycles. The Morgan fingerprint density at radius 2 is 1.14 bits per heavy atom. The highest BCUT2D eigenvalue weighted by molar-refractivity contribution is 6.73. The average Bonchev–Trinajstić information content (AvgIpc) is 2.55. The molecule has 22 heavy (non-hydrogen) atoms. The molecule has 0 aliphatic rings. The van der Waals surface area contributed by atoms with Gasteiger partial charge in [0.2, 0.25) is 0 Å². The molecule has 0 radical (unpaired) electrons. The quantitative estimate of drug-likeness (QED) is 0.265. The van der Waals surface area contributed by atoms with Gasteiger partial charge >= 0.3 is 0 Å². The van der Waals surface area contributed by atoms with Crippen molar-refractivity contribution in [3.05, 3.63) is 0 Å². The van der Waals surface area contributed by atoms with Crippen molar-refractivity contribution in [1.82, 2.24) is 0 Å². The molecule has 0 bridgehead atoms. The monoisotopic (exact) mass is 328 g/mol. The third-order valence-electron chi connectivity index (χ3n) is 5.13. The Balaban J connectivity index is 4.67. The van der Waals surface area contributed by atoms with Gasteiger partial charge < -0.3 is 4.43 Å². The molecular weight excluding hydrogens is 284 g/mol. The first kappa shape index (κ1) is 22.2. The minimum atomic E-state index is -1.48. The zero-order chi connectivity index (χ0) is 16.7. The standard InChI is InChI=1S/C20H44OSi/c1-6-11-15-20(10-5)19-21-22(16-12-7-2,17-13-8-3)18-14-9-4/h20H,6-19H2,1-5H3. The van der Waals surface area contributed by atoms with Crippen molar-refractivity contribution in [1.29, 1.82) is 0 Å². The van der Waals surface area contributed by atoms with E-state index in [0.29, 0.717) is 0 Å². The van der Waals surface area contributed by atoms with Crippen LogP contribution in [0.15, 0.2) is 0 Å². The van der Waals surface area contributed by atoms with Crippen LogP contribution < -0.4 is 0 Å². The zero-order valence-electron chi connectivity index (χ0n) is 16.4. The van der Waals surface area contributed by atoms with Crippen LogP contribution in [0, 0.1) is 5.92 Å². The van der Waals surface area contributed by atoms with E-state index in [2.05, 4.69) is 34.6 Å². The van der Waals surface area contributed by atoms with Crippen LogP contribution in [0.3, 0.4) is 0 Å². The average molecular weight is 329 g/mol. The van der Waals surface area contributed by atoms with Crippen LogP contribution in [0.2, 0.25) is 18.1 Å². The maximum absolute atomic E-state index is 6.82. The van der Waals surface area contributed by atoms with Crippen molar-refractivity contribution in [2.75, 3.05) is 6.61 Å². The van der Waals surface area contributed by atoms with Crippen LogP contribution in [-0.4, -0.2) is 14.9 Å². The highest BCUT2D eigenvalue weighted by atomic mass is 28.4. The van der Waals surface area contributed by atoms with Crippen LogP contribution >= 0.6 is 0 Å². The van der Waals surface area contributed by atoms with E-state index in [0.717, 1.165) is 12.5 Å². The Labute approximate surface area is 142 Å². The molecule has 1 unspecified atom stereocenters. The van der Waals surface area contributed by atoms with Crippen LogP contribution in [-0.2, 0) is 4.43 Å². The van der Waals surface area contributed by atoms with Crippen molar-refractivity contribution in [2.45, 2.75) is 117 Å². The third kappa shape index (κ3) is 10.0. The summed E-state index contributed by atoms with van der Waals surface area (Å²) in [5, 5.41) is 0. The molecule has 0 rings (SSSR count). The SMILES string of the molecule is CCCCC(CC)CO[Si](CCCC)(CCCC)CCCC. The van der Waals surface area contributed by atoms with E-state index in [1.807, 2.05) is 0 Å². The maximum Gasteiger partial charge on any atom is 0.192 e. The number of rotatable bonds is 16. The first-order chi connectivity index (χ1) is 10.7. The molecule has 1 atom stereocenters. The summed E-state index contributed by atoms with van der Waals surface area (Å²) in [5.74, 6) is 0.803. The number of hydrogen-bond donors (Lipinski definition) is 0. The lowest BCUT2D eigenvalue weighted by Crippen LogP contribution is -2.39. The van der Waals surface area contributed by atoms with Gasteiger partial charge in [-0.2, -0.15) is 0 Å². The molecule has 0 N–H and O–H groups in total. The van der Waals surface area contributed by atoms with Gasteiger partial charge in [-0.15, -0.1) is 0 Å². The van der Waals surface area contributed by atoms with E-state index in [-0.39, 0.29) is 0 Å². The van der Waals surface area contributed by atoms with E-state index >= 15 is 0 Å². The second-order valence-corrected chi connectivity index (χ2v) is 11.4. The Kier molecular flexibility index (Phi) is 14.9. The number of unbranched alkanes of at least 4 members (excludes halogenated alkanes) is 4. The van der Waals surface area contributed by atoms with Crippen molar-refractivity contribution in [2.24, 2.45) is 5.92 Å². The first-order valence-corrected chi connectivity index (χ1v) is 12.8. The fourth-order valence-electron chi connectivity index (χ4n) is 3.28. The van der Waals surface area contributed by atoms with Crippen molar-refractivity contribution in [3.8, 4) is 0 Å². The van der Waals surface area contributed by atoms with Gasteiger partial charge in [0.15, 0.2) is 8.32 Å². The lowest BCUT2D eigenvalue weighted by Gasteiger charge is -2.33. The van der Waals surface area contributed by atoms with E-state index in [4.69, 9.17) is 4.43 Å². The van der Waals surface area contributed by atoms with Crippen LogP contribution in [0.5, 0.6) is 0 Å². The zero-order valence-corrected chi connectivity index (χ0v) is 17.4. The molecule has 0 saturated heterocycles. The summed E-state index contributed by atoms with van der Waals surface area (Å²) in [7, 11) is -1.48. The molecule has 0 aromatic rings. The summed E-state index contributed by atoms with van der Waals surface area (Å²) in [6, 6.07) is 4.23. The van der Waals surface area contributed by atoms with E-state index < -0.39 is 8.32 Å². The molecule has 0 spiro atoms. The normalized spacial score (nSPS) is 13.5. The Bertz CT molecular complexity index is 208. The predicted octanol–water partition coefficient (Wildman–Crippen LogP) is 7.57. The largest absolute Gasteiger partial charge is 0.417 e. The van der Waals surface area contributed by atoms with Gasteiger partial charge in [-0.3, -0.25) is 0 Å². The number of hydrogen-bond acceptors (Lipinski definition) is 1. The molecule has 0 aromatic heterocycles. The Morgan fingerprint density at radius 3 is 1.50 bits per heavy atom. The minimum Gasteiger partial charge on any atom is -0.417 e. The molecule has 1 nitrogen and oxygen atoms in total. The van der Waals surface area contributed by atoms with Crippen LogP contribution in [0.4, 0.5) is 0 Å². The van der Waals surface area contributed by atoms with Gasteiger partial charge in [0, 0.05) is 6.61 Å². The molecule has 134 valence electrons. The van der Waals surface area contributed by atoms with E-state index in [1.165, 1.54) is 82.3 Å². The second-order valence-electron chi connectivity index (χ2n) is 7.22. The summed E-state index contributed by atoms with van der Waals surface area (Å²) in [6.07, 6.45) is 13.5. The molecular formula is C20H44OSi. The van der Waals surface area contributed by atoms with Gasteiger partial charge in [-0.25, -0.2) is 0 Å². The molecule has 0 aromatic carbocycles. The van der Waals surface area contributed by atoms with E-state index in [1.54, 1.807) is 0 Å². The summed E-state index contributed by atoms with van der Waals surface area (Å²) in [5.41, 5.74) is 0. The van der Waals surface area contributed by atoms with Gasteiger partial charge in [0.1, 0.15) is 0 Å². The van der Waals surface area contributed by atoms with Gasteiger partial charge in [0.05, 0.1) is 0 Å². The molecule has 0 saturated carbocycles. The van der Waals surface area contributed by atoms with Crippen molar-refractivity contribution < 1.29 is 4.43 Å². The topological polar surface area (TPSA) is 9.23 Å². The second kappa shape index (κ2) is 14.7. The maximum atomic E-state index is 6.82. The molecule has 0 fully saturated rings. The fourth-order valence-corrected chi connectivity index (χ4v) is 8.05. The summed E-state index contributed by atoms with van der Waals surface area (Å²) in [6.45, 7) is 12.7. The lowest BCUT2D eigenvalue weighted by molar-refractivity contribution is 0.217. The molecule has 0 aliphatic carbocycles. The first-order valence-electron chi connectivity index (χ1n) is 10.3. The summed E-state index contributed by atoms with van der Waals surface area (Å²) >= 11 is 0. The lowest BCUT2D eigenvalue weighted by atomic mass is 10.0. The highest BCUT2D eigenvalue weighted by Crippen LogP contribution is 2.31. The summed E-state index contributed by atoms with van der Waals surface area (Å²) in [4.78, 5) is 0. The molecule has 0 aliphatic heterocycles. The van der Waals surface area contributed by atoms with E-state index in [9.17, 15) is 0 Å². The van der Waals surface area contributed by atoms with Crippen molar-refractivity contribution in [3.63, 3.8) is 0 Å². The van der Waals surface area contributed by atoms with Crippen molar-refractivity contribution >= 4 is 8.32 Å². The minimum absolute atomic E-state index is 0.803. The smallest absolute Gasteiger partial charge is 0.192 e. The van der Waals surface area contributed by atoms with Gasteiger partial charge in [-0.1, -0.05) is 92.4 Å². The molecule has 0 amide bonds. The summed E-state index contributed by atoms with van der Waals surface area (Å²) < 4.78 is 6.82. The molecule has 2 heteroatoms. The van der Waals surface area contributed by atoms with Gasteiger partial charge in [-0.05, 0) is 30.5 Å². The third-order valence-corrected chi connectivity index (χ3v) is 9.70. The van der Waals surface area contributed by atoms with Gasteiger partial charge in [0.25, 0.3) is 0 Å². The fraction of sp³-hybridized carbons (Fsp3) is 1.00. The Hall–Kier alpha value is 0.177. The Morgan fingerprint density at radius 1 is 0.682 bits per heavy atom. The highest BCUT2D eigenvalue weighted by Gasteiger charge is 2.33. The predicted molar refractivity (Wildman–Crippen MR) is 104 cm³/mol.